The number of rotatable bonds is 2. The minimum Gasteiger partial charge on any atom is -0.166 e. The molecule has 2 rings (SSSR count). The molecule has 0 radical (unpaired) electrons. The Labute approximate surface area is 141 Å². The van der Waals surface area contributed by atoms with Crippen LogP contribution in [0, 0.1) is 0 Å². The van der Waals surface area contributed by atoms with Crippen molar-refractivity contribution >= 4 is 34.6 Å². The maximum absolute atomic E-state index is 12.5. The van der Waals surface area contributed by atoms with Gasteiger partial charge >= 0.3 is 12.4 Å². The molecule has 10 heteroatoms. The first-order chi connectivity index (χ1) is 11.0. The van der Waals surface area contributed by atoms with Crippen LogP contribution in [0.1, 0.15) is 11.1 Å². The lowest BCUT2D eigenvalue weighted by molar-refractivity contribution is -0.138. The van der Waals surface area contributed by atoms with Crippen molar-refractivity contribution in [2.75, 3.05) is 0 Å². The Morgan fingerprint density at radius 1 is 0.625 bits per heavy atom. The molecule has 0 heterocycles. The fraction of sp³-hybridized carbons (Fsp3) is 0.143. The van der Waals surface area contributed by atoms with Gasteiger partial charge in [-0.3, -0.25) is 0 Å². The molecule has 2 aromatic carbocycles. The molecule has 24 heavy (non-hydrogen) atoms. The number of nitrogens with zero attached hydrogens (tertiary/aromatic N) is 2. The van der Waals surface area contributed by atoms with Crippen molar-refractivity contribution in [3.8, 4) is 0 Å². The van der Waals surface area contributed by atoms with Crippen molar-refractivity contribution in [3.63, 3.8) is 0 Å². The van der Waals surface area contributed by atoms with Gasteiger partial charge < -0.3 is 0 Å². The molecular formula is C14H6Cl2F6N2. The molecule has 0 unspecified atom stereocenters. The predicted molar refractivity (Wildman–Crippen MR) is 77.1 cm³/mol. The van der Waals surface area contributed by atoms with Gasteiger partial charge in [0.2, 0.25) is 0 Å². The van der Waals surface area contributed by atoms with Gasteiger partial charge in [0.05, 0.1) is 21.2 Å². The quantitative estimate of drug-likeness (QED) is 0.378. The van der Waals surface area contributed by atoms with Gasteiger partial charge in [0, 0.05) is 0 Å². The zero-order valence-corrected chi connectivity index (χ0v) is 12.9. The first kappa shape index (κ1) is 18.5. The summed E-state index contributed by atoms with van der Waals surface area (Å²) in [6, 6.07) is 4.84. The zero-order chi connectivity index (χ0) is 18.1. The number of halogens is 8. The average Bonchev–Trinajstić information content (AvgIpc) is 2.45. The molecule has 0 aromatic heterocycles. The topological polar surface area (TPSA) is 24.7 Å². The van der Waals surface area contributed by atoms with Crippen LogP contribution < -0.4 is 0 Å². The van der Waals surface area contributed by atoms with E-state index in [9.17, 15) is 26.3 Å². The van der Waals surface area contributed by atoms with E-state index < -0.39 is 23.5 Å². The Balaban J connectivity index is 2.29. The third-order valence-corrected chi connectivity index (χ3v) is 3.42. The molecule has 0 spiro atoms. The molecule has 0 aliphatic rings. The Hall–Kier alpha value is -1.80. The molecule has 0 aliphatic carbocycles. The highest BCUT2D eigenvalue weighted by atomic mass is 35.5. The highest BCUT2D eigenvalue weighted by molar-refractivity contribution is 6.33. The summed E-state index contributed by atoms with van der Waals surface area (Å²) in [6.45, 7) is 0. The smallest absolute Gasteiger partial charge is 0.166 e. The van der Waals surface area contributed by atoms with Crippen LogP contribution in [-0.4, -0.2) is 0 Å². The molecule has 0 aliphatic heterocycles. The van der Waals surface area contributed by atoms with Crippen LogP contribution >= 0.6 is 23.2 Å². The fourth-order valence-electron chi connectivity index (χ4n) is 1.64. The van der Waals surface area contributed by atoms with Gasteiger partial charge in [0.25, 0.3) is 0 Å². The van der Waals surface area contributed by atoms with Gasteiger partial charge in [-0.05, 0) is 36.4 Å². The van der Waals surface area contributed by atoms with Crippen LogP contribution in [0.5, 0.6) is 0 Å². The van der Waals surface area contributed by atoms with Crippen molar-refractivity contribution < 1.29 is 26.3 Å². The van der Waals surface area contributed by atoms with Crippen LogP contribution in [0.2, 0.25) is 10.0 Å². The van der Waals surface area contributed by atoms with Crippen LogP contribution in [0.4, 0.5) is 37.7 Å². The molecule has 2 nitrogen and oxygen atoms in total. The van der Waals surface area contributed by atoms with Crippen LogP contribution in [0.3, 0.4) is 0 Å². The van der Waals surface area contributed by atoms with Crippen molar-refractivity contribution in [2.24, 2.45) is 10.2 Å². The molecule has 0 saturated carbocycles. The second-order valence-electron chi connectivity index (χ2n) is 4.53. The molecule has 0 bridgehead atoms. The third-order valence-electron chi connectivity index (χ3n) is 2.82. The Morgan fingerprint density at radius 2 is 0.958 bits per heavy atom. The molecular weight excluding hydrogens is 381 g/mol. The maximum atomic E-state index is 12.5. The SMILES string of the molecule is FC(F)(F)c1ccc(/N=N/c2ccc(C(F)(F)F)cc2Cl)c(Cl)c1. The molecule has 0 N–H and O–H groups in total. The third kappa shape index (κ3) is 4.39. The molecule has 0 fully saturated rings. The van der Waals surface area contributed by atoms with Gasteiger partial charge in [0.15, 0.2) is 0 Å². The van der Waals surface area contributed by atoms with Gasteiger partial charge in [0.1, 0.15) is 11.4 Å². The molecule has 0 amide bonds. The fourth-order valence-corrected chi connectivity index (χ4v) is 2.07. The maximum Gasteiger partial charge on any atom is 0.416 e. The van der Waals surface area contributed by atoms with Crippen molar-refractivity contribution in [2.45, 2.75) is 12.4 Å². The lowest BCUT2D eigenvalue weighted by Gasteiger charge is -2.08. The van der Waals surface area contributed by atoms with E-state index in [2.05, 4.69) is 10.2 Å². The summed E-state index contributed by atoms with van der Waals surface area (Å²) < 4.78 is 75.1. The summed E-state index contributed by atoms with van der Waals surface area (Å²) in [6.07, 6.45) is -9.12. The monoisotopic (exact) mass is 386 g/mol. The van der Waals surface area contributed by atoms with E-state index in [0.29, 0.717) is 12.1 Å². The molecule has 128 valence electrons. The van der Waals surface area contributed by atoms with E-state index >= 15 is 0 Å². The highest BCUT2D eigenvalue weighted by Crippen LogP contribution is 2.37. The first-order valence-corrected chi connectivity index (χ1v) is 6.89. The lowest BCUT2D eigenvalue weighted by atomic mass is 10.2. The molecule has 2 aromatic rings. The summed E-state index contributed by atoms with van der Waals surface area (Å²) in [7, 11) is 0. The summed E-state index contributed by atoms with van der Waals surface area (Å²) in [4.78, 5) is 0. The van der Waals surface area contributed by atoms with E-state index in [0.717, 1.165) is 24.3 Å². The van der Waals surface area contributed by atoms with Crippen molar-refractivity contribution in [1.82, 2.24) is 0 Å². The van der Waals surface area contributed by atoms with Gasteiger partial charge in [-0.2, -0.15) is 26.3 Å². The van der Waals surface area contributed by atoms with E-state index in [1.807, 2.05) is 0 Å². The number of hydrogen-bond donors (Lipinski definition) is 0. The second kappa shape index (κ2) is 6.60. The Morgan fingerprint density at radius 3 is 1.21 bits per heavy atom. The van der Waals surface area contributed by atoms with Crippen molar-refractivity contribution in [3.05, 3.63) is 57.6 Å². The summed E-state index contributed by atoms with van der Waals surface area (Å²) in [5, 5.41) is 6.61. The normalized spacial score (nSPS) is 12.8. The Kier molecular flexibility index (Phi) is 5.10. The second-order valence-corrected chi connectivity index (χ2v) is 5.34. The summed E-state index contributed by atoms with van der Waals surface area (Å²) in [5.41, 5.74) is -2.08. The van der Waals surface area contributed by atoms with Crippen LogP contribution in [0.15, 0.2) is 46.6 Å². The molecule has 0 saturated heterocycles. The van der Waals surface area contributed by atoms with Gasteiger partial charge in [-0.15, -0.1) is 10.2 Å². The molecule has 0 atom stereocenters. The van der Waals surface area contributed by atoms with Crippen molar-refractivity contribution in [1.29, 1.82) is 0 Å². The summed E-state index contributed by atoms with van der Waals surface area (Å²) >= 11 is 11.4. The average molecular weight is 387 g/mol. The minimum absolute atomic E-state index is 0.0827. The van der Waals surface area contributed by atoms with E-state index in [1.165, 1.54) is 0 Å². The van der Waals surface area contributed by atoms with E-state index in [1.54, 1.807) is 0 Å². The van der Waals surface area contributed by atoms with Gasteiger partial charge in [-0.1, -0.05) is 23.2 Å². The number of alkyl halides is 6. The number of benzene rings is 2. The first-order valence-electron chi connectivity index (χ1n) is 6.14. The van der Waals surface area contributed by atoms with Crippen LogP contribution in [0.25, 0.3) is 0 Å². The Bertz CT molecular complexity index is 718. The number of azo groups is 1. The zero-order valence-electron chi connectivity index (χ0n) is 11.4. The summed E-state index contributed by atoms with van der Waals surface area (Å²) in [5.74, 6) is 0. The number of hydrogen-bond acceptors (Lipinski definition) is 2. The van der Waals surface area contributed by atoms with E-state index in [4.69, 9.17) is 23.2 Å². The van der Waals surface area contributed by atoms with Crippen LogP contribution in [-0.2, 0) is 12.4 Å². The largest absolute Gasteiger partial charge is 0.416 e. The van der Waals surface area contributed by atoms with Gasteiger partial charge in [-0.25, -0.2) is 0 Å². The minimum atomic E-state index is -4.56. The predicted octanol–water partition coefficient (Wildman–Crippen LogP) is 7.45. The standard InChI is InChI=1S/C14H6Cl2F6N2/c15-9-5-7(13(17,18)19)1-3-11(9)23-24-12-4-2-8(6-10(12)16)14(20,21)22/h1-6H/b24-23+. The highest BCUT2D eigenvalue weighted by Gasteiger charge is 2.31. The lowest BCUT2D eigenvalue weighted by Crippen LogP contribution is -2.04. The van der Waals surface area contributed by atoms with E-state index in [-0.39, 0.29) is 21.4 Å².